The van der Waals surface area contributed by atoms with Crippen LogP contribution in [0.25, 0.3) is 5.57 Å². The van der Waals surface area contributed by atoms with E-state index < -0.39 is 23.4 Å². The number of nitrogens with zero attached hydrogens (tertiary/aromatic N) is 1. The number of halogens is 2. The van der Waals surface area contributed by atoms with Gasteiger partial charge in [0.05, 0.1) is 22.8 Å². The Kier molecular flexibility index (Phi) is 5.60. The summed E-state index contributed by atoms with van der Waals surface area (Å²) in [6, 6.07) is 9.81. The van der Waals surface area contributed by atoms with Gasteiger partial charge in [-0.1, -0.05) is 19.1 Å². The standard InChI is InChI=1S/C20H17F2NO3S/c1-3-26-14-8-5-12(6-9-14)17-18(27-4-2)20(25)23(19(17)24)13-7-10-15(21)16(22)11-13/h5-11H,3-4H2,1-2H3. The molecule has 27 heavy (non-hydrogen) atoms. The van der Waals surface area contributed by atoms with Crippen LogP contribution in [0.4, 0.5) is 14.5 Å². The maximum absolute atomic E-state index is 13.6. The molecule has 0 saturated heterocycles. The second-order valence-electron chi connectivity index (χ2n) is 5.64. The number of hydrogen-bond acceptors (Lipinski definition) is 4. The third kappa shape index (κ3) is 3.60. The number of amides is 2. The van der Waals surface area contributed by atoms with E-state index in [9.17, 15) is 18.4 Å². The van der Waals surface area contributed by atoms with Gasteiger partial charge in [-0.2, -0.15) is 0 Å². The lowest BCUT2D eigenvalue weighted by atomic mass is 10.1. The van der Waals surface area contributed by atoms with Gasteiger partial charge in [0.15, 0.2) is 11.6 Å². The molecule has 0 spiro atoms. The molecule has 3 rings (SSSR count). The number of benzene rings is 2. The van der Waals surface area contributed by atoms with E-state index in [4.69, 9.17) is 4.74 Å². The molecule has 0 atom stereocenters. The molecule has 2 amide bonds. The lowest BCUT2D eigenvalue weighted by Crippen LogP contribution is -2.31. The highest BCUT2D eigenvalue weighted by Gasteiger charge is 2.40. The van der Waals surface area contributed by atoms with Crippen molar-refractivity contribution >= 4 is 34.8 Å². The average molecular weight is 389 g/mol. The predicted molar refractivity (Wildman–Crippen MR) is 102 cm³/mol. The Morgan fingerprint density at radius 2 is 1.67 bits per heavy atom. The van der Waals surface area contributed by atoms with Crippen molar-refractivity contribution in [1.82, 2.24) is 0 Å². The first-order valence-corrected chi connectivity index (χ1v) is 9.40. The second-order valence-corrected chi connectivity index (χ2v) is 6.91. The number of rotatable bonds is 6. The fourth-order valence-corrected chi connectivity index (χ4v) is 3.64. The lowest BCUT2D eigenvalue weighted by molar-refractivity contribution is -0.119. The molecule has 7 heteroatoms. The zero-order valence-corrected chi connectivity index (χ0v) is 15.6. The Labute approximate surface area is 159 Å². The molecule has 2 aromatic carbocycles. The molecule has 140 valence electrons. The highest BCUT2D eigenvalue weighted by molar-refractivity contribution is 8.04. The van der Waals surface area contributed by atoms with Gasteiger partial charge in [-0.15, -0.1) is 11.8 Å². The number of hydrogen-bond donors (Lipinski definition) is 0. The van der Waals surface area contributed by atoms with Gasteiger partial charge in [-0.25, -0.2) is 13.7 Å². The molecule has 2 aromatic rings. The van der Waals surface area contributed by atoms with Crippen molar-refractivity contribution in [1.29, 1.82) is 0 Å². The Morgan fingerprint density at radius 3 is 2.26 bits per heavy atom. The summed E-state index contributed by atoms with van der Waals surface area (Å²) >= 11 is 1.24. The molecule has 0 N–H and O–H groups in total. The van der Waals surface area contributed by atoms with Crippen molar-refractivity contribution in [2.45, 2.75) is 13.8 Å². The van der Waals surface area contributed by atoms with E-state index in [1.54, 1.807) is 24.3 Å². The van der Waals surface area contributed by atoms with Gasteiger partial charge in [0.2, 0.25) is 0 Å². The van der Waals surface area contributed by atoms with E-state index >= 15 is 0 Å². The van der Waals surface area contributed by atoms with Crippen LogP contribution in [0, 0.1) is 11.6 Å². The molecule has 0 aromatic heterocycles. The lowest BCUT2D eigenvalue weighted by Gasteiger charge is -2.15. The van der Waals surface area contributed by atoms with Gasteiger partial charge in [-0.3, -0.25) is 9.59 Å². The van der Waals surface area contributed by atoms with Gasteiger partial charge in [0, 0.05) is 6.07 Å². The van der Waals surface area contributed by atoms with Gasteiger partial charge in [-0.05, 0) is 42.5 Å². The maximum atomic E-state index is 13.6. The maximum Gasteiger partial charge on any atom is 0.272 e. The molecule has 0 fully saturated rings. The predicted octanol–water partition coefficient (Wildman–Crippen LogP) is 4.40. The Morgan fingerprint density at radius 1 is 0.963 bits per heavy atom. The first-order valence-electron chi connectivity index (χ1n) is 8.42. The zero-order valence-electron chi connectivity index (χ0n) is 14.8. The average Bonchev–Trinajstić information content (AvgIpc) is 2.89. The highest BCUT2D eigenvalue weighted by Crippen LogP contribution is 2.38. The smallest absolute Gasteiger partial charge is 0.272 e. The SMILES string of the molecule is CCOc1ccc(C2=C(SCC)C(=O)N(c3ccc(F)c(F)c3)C2=O)cc1. The Balaban J connectivity index is 2.03. The summed E-state index contributed by atoms with van der Waals surface area (Å²) in [4.78, 5) is 27.0. The third-order valence-electron chi connectivity index (χ3n) is 3.95. The van der Waals surface area contributed by atoms with Crippen molar-refractivity contribution in [2.24, 2.45) is 0 Å². The number of thioether (sulfide) groups is 1. The molecule has 1 aliphatic heterocycles. The van der Waals surface area contributed by atoms with Crippen LogP contribution >= 0.6 is 11.8 Å². The fraction of sp³-hybridized carbons (Fsp3) is 0.200. The van der Waals surface area contributed by atoms with E-state index in [0.717, 1.165) is 17.0 Å². The summed E-state index contributed by atoms with van der Waals surface area (Å²) < 4.78 is 32.2. The number of ether oxygens (including phenoxy) is 1. The third-order valence-corrected chi connectivity index (χ3v) is 4.90. The van der Waals surface area contributed by atoms with Crippen molar-refractivity contribution in [3.63, 3.8) is 0 Å². The molecule has 0 aliphatic carbocycles. The molecule has 0 radical (unpaired) electrons. The van der Waals surface area contributed by atoms with Crippen LogP contribution < -0.4 is 9.64 Å². The molecule has 1 heterocycles. The van der Waals surface area contributed by atoms with E-state index in [1.807, 2.05) is 13.8 Å². The topological polar surface area (TPSA) is 46.6 Å². The number of anilines is 1. The summed E-state index contributed by atoms with van der Waals surface area (Å²) in [5.74, 6) is -2.03. The number of carbonyl (C=O) groups is 2. The van der Waals surface area contributed by atoms with Crippen molar-refractivity contribution in [3.05, 3.63) is 64.6 Å². The summed E-state index contributed by atoms with van der Waals surface area (Å²) in [6.45, 7) is 4.25. The molecular formula is C20H17F2NO3S. The molecule has 0 unspecified atom stereocenters. The summed E-state index contributed by atoms with van der Waals surface area (Å²) in [5, 5.41) is 0. The first kappa shape index (κ1) is 19.1. The van der Waals surface area contributed by atoms with Crippen molar-refractivity contribution < 1.29 is 23.1 Å². The van der Waals surface area contributed by atoms with Crippen LogP contribution in [0.5, 0.6) is 5.75 Å². The molecule has 0 bridgehead atoms. The molecule has 4 nitrogen and oxygen atoms in total. The summed E-state index contributed by atoms with van der Waals surface area (Å²) in [6.07, 6.45) is 0. The monoisotopic (exact) mass is 389 g/mol. The molecule has 1 aliphatic rings. The number of imide groups is 1. The van der Waals surface area contributed by atoms with E-state index in [0.29, 0.717) is 23.7 Å². The largest absolute Gasteiger partial charge is 0.494 e. The van der Waals surface area contributed by atoms with E-state index in [1.165, 1.54) is 17.8 Å². The van der Waals surface area contributed by atoms with Crippen LogP contribution in [0.2, 0.25) is 0 Å². The van der Waals surface area contributed by atoms with Crippen LogP contribution in [0.1, 0.15) is 19.4 Å². The Bertz CT molecular complexity index is 925. The van der Waals surface area contributed by atoms with Crippen molar-refractivity contribution in [3.8, 4) is 5.75 Å². The van der Waals surface area contributed by atoms with Crippen LogP contribution in [-0.2, 0) is 9.59 Å². The molecular weight excluding hydrogens is 372 g/mol. The van der Waals surface area contributed by atoms with Crippen LogP contribution in [0.3, 0.4) is 0 Å². The van der Waals surface area contributed by atoms with Gasteiger partial charge < -0.3 is 4.74 Å². The normalized spacial score (nSPS) is 14.3. The zero-order chi connectivity index (χ0) is 19.6. The second kappa shape index (κ2) is 7.92. The van der Waals surface area contributed by atoms with Crippen LogP contribution in [-0.4, -0.2) is 24.2 Å². The van der Waals surface area contributed by atoms with Crippen molar-refractivity contribution in [2.75, 3.05) is 17.3 Å². The molecule has 0 saturated carbocycles. The summed E-state index contributed by atoms with van der Waals surface area (Å²) in [5.41, 5.74) is 0.816. The van der Waals surface area contributed by atoms with E-state index in [2.05, 4.69) is 0 Å². The van der Waals surface area contributed by atoms with Gasteiger partial charge in [0.1, 0.15) is 5.75 Å². The highest BCUT2D eigenvalue weighted by atomic mass is 32.2. The minimum atomic E-state index is -1.12. The van der Waals surface area contributed by atoms with E-state index in [-0.39, 0.29) is 16.2 Å². The van der Waals surface area contributed by atoms with Crippen LogP contribution in [0.15, 0.2) is 47.4 Å². The fourth-order valence-electron chi connectivity index (χ4n) is 2.79. The quantitative estimate of drug-likeness (QED) is 0.687. The van der Waals surface area contributed by atoms with Gasteiger partial charge in [0.25, 0.3) is 11.8 Å². The van der Waals surface area contributed by atoms with Gasteiger partial charge >= 0.3 is 0 Å². The summed E-state index contributed by atoms with van der Waals surface area (Å²) in [7, 11) is 0. The Hall–Kier alpha value is -2.67. The minimum absolute atomic E-state index is 0.000889. The number of carbonyl (C=O) groups excluding carboxylic acids is 2. The first-order chi connectivity index (χ1) is 13.0. The minimum Gasteiger partial charge on any atom is -0.494 e.